The average molecular weight is 453 g/mol. The van der Waals surface area contributed by atoms with Crippen molar-refractivity contribution in [2.24, 2.45) is 5.41 Å². The Hall–Kier alpha value is -3.35. The van der Waals surface area contributed by atoms with E-state index in [1.165, 1.54) is 0 Å². The number of rotatable bonds is 10. The molecular weight excluding hydrogens is 420 g/mol. The third-order valence-electron chi connectivity index (χ3n) is 6.16. The topological polar surface area (TPSA) is 105 Å². The van der Waals surface area contributed by atoms with Crippen LogP contribution in [0.25, 0.3) is 11.1 Å². The molecule has 7 nitrogen and oxygen atoms in total. The van der Waals surface area contributed by atoms with Crippen molar-refractivity contribution in [3.63, 3.8) is 0 Å². The minimum absolute atomic E-state index is 0.0168. The molecule has 176 valence electrons. The molecule has 0 fully saturated rings. The van der Waals surface area contributed by atoms with Gasteiger partial charge in [-0.25, -0.2) is 9.59 Å². The maximum atomic E-state index is 12.5. The van der Waals surface area contributed by atoms with Gasteiger partial charge in [0.15, 0.2) is 0 Å². The number of hydrogen-bond donors (Lipinski definition) is 3. The second-order valence-corrected chi connectivity index (χ2v) is 9.04. The predicted octanol–water partition coefficient (Wildman–Crippen LogP) is 4.31. The molecule has 0 unspecified atom stereocenters. The van der Waals surface area contributed by atoms with Crippen LogP contribution in [0, 0.1) is 5.41 Å². The van der Waals surface area contributed by atoms with E-state index in [1.807, 2.05) is 31.2 Å². The zero-order valence-corrected chi connectivity index (χ0v) is 19.4. The molecule has 1 aliphatic carbocycles. The van der Waals surface area contributed by atoms with E-state index < -0.39 is 23.5 Å². The number of fused-ring (bicyclic) bond motifs is 3. The highest BCUT2D eigenvalue weighted by Crippen LogP contribution is 2.44. The highest BCUT2D eigenvalue weighted by Gasteiger charge is 2.31. The Morgan fingerprint density at radius 3 is 2.15 bits per heavy atom. The Morgan fingerprint density at radius 1 is 1.03 bits per heavy atom. The highest BCUT2D eigenvalue weighted by molar-refractivity contribution is 5.87. The summed E-state index contributed by atoms with van der Waals surface area (Å²) in [5.74, 6) is -1.41. The normalized spacial score (nSPS) is 13.5. The molecule has 2 amide bonds. The molecule has 2 aromatic rings. The van der Waals surface area contributed by atoms with Crippen molar-refractivity contribution >= 4 is 18.0 Å². The molecule has 0 spiro atoms. The number of carboxylic acids is 1. The van der Waals surface area contributed by atoms with Gasteiger partial charge in [0, 0.05) is 17.9 Å². The number of benzene rings is 2. The number of alkyl carbamates (subject to hydrolysis) is 1. The summed E-state index contributed by atoms with van der Waals surface area (Å²) in [6.45, 7) is 5.79. The molecule has 1 atom stereocenters. The van der Waals surface area contributed by atoms with Crippen molar-refractivity contribution in [3.05, 3.63) is 59.7 Å². The summed E-state index contributed by atoms with van der Waals surface area (Å²) in [6.07, 6.45) is 0.833. The standard InChI is InChI=1S/C26H32N2O5/c1-4-9-22(23(29)30)28-24(31)26(2,3)14-15-27-25(32)33-16-21-19-12-7-5-10-17(19)18-11-6-8-13-20(18)21/h5-8,10-13,21-22H,4,9,14-16H2,1-3H3,(H,27,32)(H,28,31)(H,29,30)/t22-/m0/s1. The molecule has 7 heteroatoms. The van der Waals surface area contributed by atoms with E-state index in [0.29, 0.717) is 19.3 Å². The van der Waals surface area contributed by atoms with Gasteiger partial charge in [-0.3, -0.25) is 4.79 Å². The smallest absolute Gasteiger partial charge is 0.407 e. The average Bonchev–Trinajstić information content (AvgIpc) is 3.11. The van der Waals surface area contributed by atoms with Crippen LogP contribution >= 0.6 is 0 Å². The fraction of sp³-hybridized carbons (Fsp3) is 0.423. The maximum absolute atomic E-state index is 12.5. The largest absolute Gasteiger partial charge is 0.480 e. The van der Waals surface area contributed by atoms with E-state index in [1.54, 1.807) is 13.8 Å². The van der Waals surface area contributed by atoms with E-state index in [0.717, 1.165) is 22.3 Å². The number of carboxylic acid groups (broad SMARTS) is 1. The molecule has 0 saturated carbocycles. The van der Waals surface area contributed by atoms with E-state index in [-0.39, 0.29) is 25.0 Å². The van der Waals surface area contributed by atoms with Gasteiger partial charge in [0.05, 0.1) is 0 Å². The number of nitrogens with one attached hydrogen (secondary N) is 2. The lowest BCUT2D eigenvalue weighted by molar-refractivity contribution is -0.143. The number of amides is 2. The van der Waals surface area contributed by atoms with E-state index in [9.17, 15) is 19.5 Å². The highest BCUT2D eigenvalue weighted by atomic mass is 16.5. The molecule has 0 saturated heterocycles. The molecule has 3 rings (SSSR count). The molecule has 33 heavy (non-hydrogen) atoms. The monoisotopic (exact) mass is 452 g/mol. The van der Waals surface area contributed by atoms with Crippen molar-refractivity contribution in [2.45, 2.75) is 52.0 Å². The Bertz CT molecular complexity index is 972. The Morgan fingerprint density at radius 2 is 1.61 bits per heavy atom. The third-order valence-corrected chi connectivity index (χ3v) is 6.16. The van der Waals surface area contributed by atoms with Crippen LogP contribution in [-0.4, -0.2) is 42.3 Å². The van der Waals surface area contributed by atoms with Gasteiger partial charge in [0.1, 0.15) is 12.6 Å². The predicted molar refractivity (Wildman–Crippen MR) is 126 cm³/mol. The van der Waals surface area contributed by atoms with E-state index >= 15 is 0 Å². The maximum Gasteiger partial charge on any atom is 0.407 e. The van der Waals surface area contributed by atoms with E-state index in [2.05, 4.69) is 34.9 Å². The number of hydrogen-bond acceptors (Lipinski definition) is 4. The quantitative estimate of drug-likeness (QED) is 0.498. The molecule has 0 radical (unpaired) electrons. The molecule has 3 N–H and O–H groups in total. The van der Waals surface area contributed by atoms with E-state index in [4.69, 9.17) is 4.74 Å². The lowest BCUT2D eigenvalue weighted by Crippen LogP contribution is -2.47. The summed E-state index contributed by atoms with van der Waals surface area (Å²) < 4.78 is 5.51. The van der Waals surface area contributed by atoms with Gasteiger partial charge in [-0.05, 0) is 35.1 Å². The first-order valence-corrected chi connectivity index (χ1v) is 11.4. The van der Waals surface area contributed by atoms with Crippen LogP contribution in [0.2, 0.25) is 0 Å². The van der Waals surface area contributed by atoms with Gasteiger partial charge in [0.25, 0.3) is 0 Å². The van der Waals surface area contributed by atoms with Crippen LogP contribution in [0.3, 0.4) is 0 Å². The lowest BCUT2D eigenvalue weighted by atomic mass is 9.87. The van der Waals surface area contributed by atoms with Crippen LogP contribution in [0.1, 0.15) is 57.1 Å². The molecule has 0 aliphatic heterocycles. The van der Waals surface area contributed by atoms with Gasteiger partial charge in [-0.1, -0.05) is 75.7 Å². The molecular formula is C26H32N2O5. The zero-order chi connectivity index (χ0) is 24.0. The van der Waals surface area contributed by atoms with Crippen molar-refractivity contribution < 1.29 is 24.2 Å². The number of ether oxygens (including phenoxy) is 1. The SMILES string of the molecule is CCC[C@H](NC(=O)C(C)(C)CCNC(=O)OCC1c2ccccc2-c2ccccc21)C(=O)O. The summed E-state index contributed by atoms with van der Waals surface area (Å²) in [7, 11) is 0. The summed E-state index contributed by atoms with van der Waals surface area (Å²) in [5, 5.41) is 14.6. The van der Waals surface area contributed by atoms with Crippen LogP contribution < -0.4 is 10.6 Å². The van der Waals surface area contributed by atoms with Gasteiger partial charge in [-0.15, -0.1) is 0 Å². The number of aliphatic carboxylic acids is 1. The Kier molecular flexibility index (Phi) is 7.74. The first kappa shape index (κ1) is 24.3. The summed E-state index contributed by atoms with van der Waals surface area (Å²) in [6, 6.07) is 15.4. The van der Waals surface area contributed by atoms with Gasteiger partial charge in [0.2, 0.25) is 5.91 Å². The van der Waals surface area contributed by atoms with Crippen molar-refractivity contribution in [1.82, 2.24) is 10.6 Å². The number of carbonyl (C=O) groups is 3. The lowest BCUT2D eigenvalue weighted by Gasteiger charge is -2.26. The van der Waals surface area contributed by atoms with Crippen LogP contribution in [-0.2, 0) is 14.3 Å². The second-order valence-electron chi connectivity index (χ2n) is 9.04. The number of carbonyl (C=O) groups excluding carboxylic acids is 2. The van der Waals surface area contributed by atoms with Gasteiger partial charge >= 0.3 is 12.1 Å². The first-order valence-electron chi connectivity index (χ1n) is 11.4. The molecule has 0 heterocycles. The zero-order valence-electron chi connectivity index (χ0n) is 19.4. The van der Waals surface area contributed by atoms with Crippen molar-refractivity contribution in [2.75, 3.05) is 13.2 Å². The second kappa shape index (κ2) is 10.5. The van der Waals surface area contributed by atoms with Crippen LogP contribution in [0.15, 0.2) is 48.5 Å². The van der Waals surface area contributed by atoms with Crippen molar-refractivity contribution in [3.8, 4) is 11.1 Å². The fourth-order valence-electron chi connectivity index (χ4n) is 4.14. The minimum Gasteiger partial charge on any atom is -0.480 e. The fourth-order valence-corrected chi connectivity index (χ4v) is 4.14. The Labute approximate surface area is 194 Å². The third kappa shape index (κ3) is 5.72. The summed E-state index contributed by atoms with van der Waals surface area (Å²) in [5.41, 5.74) is 3.78. The molecule has 0 bridgehead atoms. The first-order chi connectivity index (χ1) is 15.7. The van der Waals surface area contributed by atoms with Gasteiger partial charge in [-0.2, -0.15) is 0 Å². The molecule has 1 aliphatic rings. The summed E-state index contributed by atoms with van der Waals surface area (Å²) in [4.78, 5) is 36.2. The van der Waals surface area contributed by atoms with Crippen LogP contribution in [0.5, 0.6) is 0 Å². The van der Waals surface area contributed by atoms with Crippen molar-refractivity contribution in [1.29, 1.82) is 0 Å². The summed E-state index contributed by atoms with van der Waals surface area (Å²) >= 11 is 0. The molecule has 2 aromatic carbocycles. The Balaban J connectivity index is 1.50. The minimum atomic E-state index is -1.04. The van der Waals surface area contributed by atoms with Crippen LogP contribution in [0.4, 0.5) is 4.79 Å². The van der Waals surface area contributed by atoms with Gasteiger partial charge < -0.3 is 20.5 Å². The molecule has 0 aromatic heterocycles.